The molecule has 170 valence electrons. The summed E-state index contributed by atoms with van der Waals surface area (Å²) in [6.07, 6.45) is 6.37. The number of aromatic nitrogens is 3. The molecule has 2 aliphatic rings. The quantitative estimate of drug-likeness (QED) is 0.638. The lowest BCUT2D eigenvalue weighted by Gasteiger charge is -2.30. The van der Waals surface area contributed by atoms with E-state index >= 15 is 0 Å². The highest BCUT2D eigenvalue weighted by atomic mass is 16.5. The smallest absolute Gasteiger partial charge is 0.222 e. The van der Waals surface area contributed by atoms with E-state index in [9.17, 15) is 10.1 Å². The summed E-state index contributed by atoms with van der Waals surface area (Å²) in [7, 11) is 1.70. The van der Waals surface area contributed by atoms with Gasteiger partial charge in [-0.2, -0.15) is 5.26 Å². The van der Waals surface area contributed by atoms with Gasteiger partial charge in [-0.15, -0.1) is 0 Å². The first-order valence-electron chi connectivity index (χ1n) is 11.2. The second-order valence-corrected chi connectivity index (χ2v) is 9.11. The van der Waals surface area contributed by atoms with Crippen LogP contribution in [0.2, 0.25) is 0 Å². The first-order valence-corrected chi connectivity index (χ1v) is 11.2. The molecule has 0 aromatic carbocycles. The Morgan fingerprint density at radius 3 is 2.85 bits per heavy atom. The number of fused-ring (bicyclic) bond motifs is 1. The van der Waals surface area contributed by atoms with Crippen LogP contribution in [-0.2, 0) is 19.9 Å². The maximum atomic E-state index is 11.6. The lowest BCUT2D eigenvalue weighted by atomic mass is 9.72. The number of nitrogens with one attached hydrogen (secondary N) is 1. The van der Waals surface area contributed by atoms with Gasteiger partial charge in [-0.3, -0.25) is 4.79 Å². The van der Waals surface area contributed by atoms with Gasteiger partial charge in [0.1, 0.15) is 17.2 Å². The van der Waals surface area contributed by atoms with Gasteiger partial charge >= 0.3 is 0 Å². The van der Waals surface area contributed by atoms with Crippen LogP contribution in [0, 0.1) is 24.2 Å². The van der Waals surface area contributed by atoms with Crippen molar-refractivity contribution in [2.24, 2.45) is 5.92 Å². The molecule has 1 atom stereocenters. The zero-order valence-electron chi connectivity index (χ0n) is 19.1. The van der Waals surface area contributed by atoms with Gasteiger partial charge in [0.25, 0.3) is 0 Å². The summed E-state index contributed by atoms with van der Waals surface area (Å²) < 4.78 is 13.6. The first-order chi connectivity index (χ1) is 15.9. The summed E-state index contributed by atoms with van der Waals surface area (Å²) in [5.41, 5.74) is 3.45. The number of nitrogens with zero attached hydrogens (tertiary/aromatic N) is 4. The molecule has 0 bridgehead atoms. The second-order valence-electron chi connectivity index (χ2n) is 9.11. The Kier molecular flexibility index (Phi) is 5.39. The number of ether oxygens (including phenoxy) is 2. The van der Waals surface area contributed by atoms with Gasteiger partial charge in [-0.25, -0.2) is 9.97 Å². The summed E-state index contributed by atoms with van der Waals surface area (Å²) in [4.78, 5) is 21.1. The average molecular weight is 446 g/mol. The van der Waals surface area contributed by atoms with E-state index in [1.807, 2.05) is 25.3 Å². The minimum Gasteiger partial charge on any atom is -0.378 e. The average Bonchev–Trinajstić information content (AvgIpc) is 3.38. The van der Waals surface area contributed by atoms with Crippen molar-refractivity contribution < 1.29 is 14.3 Å². The number of carbonyl (C=O) groups is 1. The Balaban J connectivity index is 1.65. The van der Waals surface area contributed by atoms with Crippen LogP contribution in [-0.4, -0.2) is 40.8 Å². The summed E-state index contributed by atoms with van der Waals surface area (Å²) >= 11 is 0. The fourth-order valence-corrected chi connectivity index (χ4v) is 4.90. The number of hydrogen-bond donors (Lipinski definition) is 1. The van der Waals surface area contributed by atoms with Gasteiger partial charge in [-0.1, -0.05) is 0 Å². The van der Waals surface area contributed by atoms with Crippen molar-refractivity contribution in [1.29, 1.82) is 5.26 Å². The molecule has 3 aromatic heterocycles. The summed E-state index contributed by atoms with van der Waals surface area (Å²) in [5, 5.41) is 13.0. The van der Waals surface area contributed by atoms with E-state index in [0.29, 0.717) is 24.9 Å². The minimum atomic E-state index is -0.552. The summed E-state index contributed by atoms with van der Waals surface area (Å²) in [6.45, 7) is 4.64. The van der Waals surface area contributed by atoms with Gasteiger partial charge in [0.2, 0.25) is 5.91 Å². The van der Waals surface area contributed by atoms with Gasteiger partial charge in [0.05, 0.1) is 23.9 Å². The SMILES string of the molecule is CO[C@@]1(c2cc(C)cc(-n3cc(C4CC(C#N)C4)c4cnc(NC(C)=O)cc43)n2)CCOC1. The van der Waals surface area contributed by atoms with Crippen LogP contribution in [0.1, 0.15) is 48.9 Å². The molecule has 1 N–H and O–H groups in total. The fourth-order valence-electron chi connectivity index (χ4n) is 4.90. The number of amides is 1. The van der Waals surface area contributed by atoms with Crippen LogP contribution in [0.3, 0.4) is 0 Å². The highest BCUT2D eigenvalue weighted by Gasteiger charge is 2.39. The summed E-state index contributed by atoms with van der Waals surface area (Å²) in [6, 6.07) is 8.35. The third-order valence-electron chi connectivity index (χ3n) is 6.83. The number of nitriles is 1. The minimum absolute atomic E-state index is 0.104. The van der Waals surface area contributed by atoms with Crippen molar-refractivity contribution in [3.63, 3.8) is 0 Å². The van der Waals surface area contributed by atoms with Crippen molar-refractivity contribution in [3.05, 3.63) is 47.4 Å². The molecule has 8 heteroatoms. The number of aryl methyl sites for hydroxylation is 1. The Bertz CT molecular complexity index is 1260. The van der Waals surface area contributed by atoms with Crippen molar-refractivity contribution in [3.8, 4) is 11.9 Å². The summed E-state index contributed by atoms with van der Waals surface area (Å²) in [5.74, 6) is 1.52. The van der Waals surface area contributed by atoms with E-state index < -0.39 is 5.60 Å². The second kappa shape index (κ2) is 8.25. The van der Waals surface area contributed by atoms with Gasteiger partial charge in [0.15, 0.2) is 0 Å². The fraction of sp³-hybridized carbons (Fsp3) is 0.440. The number of rotatable bonds is 5. The molecule has 8 nitrogen and oxygen atoms in total. The molecule has 33 heavy (non-hydrogen) atoms. The monoisotopic (exact) mass is 445 g/mol. The van der Waals surface area contributed by atoms with E-state index in [1.54, 1.807) is 7.11 Å². The first kappa shape index (κ1) is 21.6. The Labute approximate surface area is 192 Å². The van der Waals surface area contributed by atoms with Crippen LogP contribution < -0.4 is 5.32 Å². The zero-order valence-corrected chi connectivity index (χ0v) is 19.1. The van der Waals surface area contributed by atoms with E-state index in [0.717, 1.165) is 52.8 Å². The molecular weight excluding hydrogens is 418 g/mol. The molecule has 1 saturated heterocycles. The Hall–Kier alpha value is -3.28. The molecule has 1 saturated carbocycles. The third kappa shape index (κ3) is 3.77. The molecular formula is C25H27N5O3. The van der Waals surface area contributed by atoms with Crippen LogP contribution in [0.15, 0.2) is 30.6 Å². The number of methoxy groups -OCH3 is 1. The third-order valence-corrected chi connectivity index (χ3v) is 6.83. The maximum Gasteiger partial charge on any atom is 0.222 e. The van der Waals surface area contributed by atoms with Crippen molar-refractivity contribution in [2.45, 2.75) is 44.6 Å². The van der Waals surface area contributed by atoms with E-state index in [-0.39, 0.29) is 11.8 Å². The van der Waals surface area contributed by atoms with Crippen molar-refractivity contribution >= 4 is 22.6 Å². The largest absolute Gasteiger partial charge is 0.378 e. The Morgan fingerprint density at radius 1 is 1.36 bits per heavy atom. The highest BCUT2D eigenvalue weighted by Crippen LogP contribution is 2.45. The van der Waals surface area contributed by atoms with Crippen molar-refractivity contribution in [1.82, 2.24) is 14.5 Å². The lowest BCUT2D eigenvalue weighted by molar-refractivity contribution is -0.114. The normalized spacial score (nSPS) is 24.4. The number of carbonyl (C=O) groups excluding carboxylic acids is 1. The predicted octanol–water partition coefficient (Wildman–Crippen LogP) is 3.97. The van der Waals surface area contributed by atoms with Crippen LogP contribution in [0.4, 0.5) is 5.82 Å². The molecule has 1 aliphatic heterocycles. The van der Waals surface area contributed by atoms with Crippen LogP contribution in [0.25, 0.3) is 16.7 Å². The van der Waals surface area contributed by atoms with Crippen LogP contribution >= 0.6 is 0 Å². The molecule has 5 rings (SSSR count). The van der Waals surface area contributed by atoms with Crippen LogP contribution in [0.5, 0.6) is 0 Å². The zero-order chi connectivity index (χ0) is 23.2. The molecule has 1 amide bonds. The maximum absolute atomic E-state index is 11.6. The van der Waals surface area contributed by atoms with Crippen molar-refractivity contribution in [2.75, 3.05) is 25.6 Å². The number of anilines is 1. The molecule has 0 radical (unpaired) electrons. The molecule has 0 spiro atoms. The Morgan fingerprint density at radius 2 is 2.18 bits per heavy atom. The predicted molar refractivity (Wildman–Crippen MR) is 123 cm³/mol. The van der Waals surface area contributed by atoms with Gasteiger partial charge in [-0.05, 0) is 48.9 Å². The van der Waals surface area contributed by atoms with E-state index in [2.05, 4.69) is 33.2 Å². The molecule has 4 heterocycles. The number of pyridine rings is 2. The van der Waals surface area contributed by atoms with E-state index in [1.165, 1.54) is 6.92 Å². The highest BCUT2D eigenvalue weighted by molar-refractivity contribution is 5.92. The van der Waals surface area contributed by atoms with E-state index in [4.69, 9.17) is 14.5 Å². The number of hydrogen-bond acceptors (Lipinski definition) is 6. The molecule has 2 fully saturated rings. The molecule has 0 unspecified atom stereocenters. The topological polar surface area (TPSA) is 102 Å². The van der Waals surface area contributed by atoms with Gasteiger partial charge < -0.3 is 19.4 Å². The van der Waals surface area contributed by atoms with Gasteiger partial charge in [0, 0.05) is 56.8 Å². The standard InChI is InChI=1S/C25H27N5O3/c1-15-6-22(25(32-3)4-5-33-14-25)29-24(7-15)30-13-20(18-8-17(9-18)11-26)19-12-27-23(10-21(19)30)28-16(2)31/h6-7,10,12-13,17-18H,4-5,8-9,14H2,1-3H3,(H,27,28,31)/t17?,18?,25-/m0/s1. The molecule has 3 aromatic rings. The molecule has 1 aliphatic carbocycles. The lowest BCUT2D eigenvalue weighted by Crippen LogP contribution is -2.30.